The van der Waals surface area contributed by atoms with Gasteiger partial charge in [0.05, 0.1) is 12.6 Å². The average Bonchev–Trinajstić information content (AvgIpc) is 2.61. The molecular formula is C19H29ClN4O3. The molecule has 1 aliphatic rings. The minimum absolute atomic E-state index is 0. The molecule has 1 aromatic carbocycles. The Balaban J connectivity index is 0.00000364. The number of halogens is 1. The van der Waals surface area contributed by atoms with Gasteiger partial charge in [0.1, 0.15) is 6.04 Å². The molecule has 0 bridgehead atoms. The van der Waals surface area contributed by atoms with Crippen molar-refractivity contribution in [3.8, 4) is 0 Å². The van der Waals surface area contributed by atoms with Gasteiger partial charge < -0.3 is 21.3 Å². The van der Waals surface area contributed by atoms with Gasteiger partial charge in [-0.2, -0.15) is 0 Å². The molecule has 0 aliphatic carbocycles. The van der Waals surface area contributed by atoms with Crippen LogP contribution in [0.5, 0.6) is 0 Å². The highest BCUT2D eigenvalue weighted by Gasteiger charge is 2.30. The van der Waals surface area contributed by atoms with Crippen molar-refractivity contribution in [1.29, 1.82) is 0 Å². The lowest BCUT2D eigenvalue weighted by atomic mass is 10.0. The van der Waals surface area contributed by atoms with Crippen molar-refractivity contribution in [2.45, 2.75) is 45.7 Å². The zero-order valence-electron chi connectivity index (χ0n) is 16.0. The van der Waals surface area contributed by atoms with Crippen molar-refractivity contribution in [3.63, 3.8) is 0 Å². The van der Waals surface area contributed by atoms with E-state index in [1.54, 1.807) is 4.90 Å². The number of amides is 3. The molecule has 1 unspecified atom stereocenters. The van der Waals surface area contributed by atoms with Gasteiger partial charge in [0, 0.05) is 12.2 Å². The lowest BCUT2D eigenvalue weighted by Gasteiger charge is -2.32. The van der Waals surface area contributed by atoms with Crippen LogP contribution >= 0.6 is 12.4 Å². The monoisotopic (exact) mass is 396 g/mol. The zero-order chi connectivity index (χ0) is 19.3. The van der Waals surface area contributed by atoms with Crippen LogP contribution in [0.4, 0.5) is 5.69 Å². The summed E-state index contributed by atoms with van der Waals surface area (Å²) in [6.45, 7) is 6.11. The summed E-state index contributed by atoms with van der Waals surface area (Å²) in [4.78, 5) is 38.3. The molecular weight excluding hydrogens is 368 g/mol. The van der Waals surface area contributed by atoms with Crippen molar-refractivity contribution in [2.75, 3.05) is 18.0 Å². The highest BCUT2D eigenvalue weighted by atomic mass is 35.5. The van der Waals surface area contributed by atoms with Crippen LogP contribution in [0, 0.1) is 12.8 Å². The number of hydrogen-bond acceptors (Lipinski definition) is 4. The van der Waals surface area contributed by atoms with Crippen LogP contribution in [0.1, 0.15) is 32.3 Å². The predicted molar refractivity (Wildman–Crippen MR) is 108 cm³/mol. The van der Waals surface area contributed by atoms with Crippen LogP contribution in [0.25, 0.3) is 0 Å². The number of carbonyl (C=O) groups is 3. The lowest BCUT2D eigenvalue weighted by molar-refractivity contribution is -0.130. The van der Waals surface area contributed by atoms with Gasteiger partial charge in [-0.1, -0.05) is 31.5 Å². The molecule has 150 valence electrons. The summed E-state index contributed by atoms with van der Waals surface area (Å²) in [6.07, 6.45) is 1.39. The van der Waals surface area contributed by atoms with E-state index >= 15 is 0 Å². The van der Waals surface area contributed by atoms with E-state index in [1.807, 2.05) is 45.0 Å². The molecule has 0 saturated carbocycles. The SMILES string of the molecule is Cc1ccc(N2CCCC(NC(=O)CNC(=O)[C@@H](N)C(C)C)C2=O)cc1.Cl. The Morgan fingerprint density at radius 1 is 1.26 bits per heavy atom. The van der Waals surface area contributed by atoms with Crippen molar-refractivity contribution in [3.05, 3.63) is 29.8 Å². The number of benzene rings is 1. The predicted octanol–water partition coefficient (Wildman–Crippen LogP) is 1.13. The Morgan fingerprint density at radius 3 is 2.48 bits per heavy atom. The number of piperidine rings is 1. The van der Waals surface area contributed by atoms with Crippen LogP contribution in [-0.4, -0.2) is 42.9 Å². The number of rotatable bonds is 6. The Morgan fingerprint density at radius 2 is 1.89 bits per heavy atom. The molecule has 2 rings (SSSR count). The number of anilines is 1. The number of aryl methyl sites for hydroxylation is 1. The number of nitrogens with two attached hydrogens (primary N) is 1. The third-order valence-corrected chi connectivity index (χ3v) is 4.56. The third-order valence-electron chi connectivity index (χ3n) is 4.56. The van der Waals surface area contributed by atoms with Crippen LogP contribution < -0.4 is 21.3 Å². The molecule has 3 amide bonds. The molecule has 0 aromatic heterocycles. The van der Waals surface area contributed by atoms with E-state index in [4.69, 9.17) is 5.73 Å². The van der Waals surface area contributed by atoms with Crippen molar-refractivity contribution in [1.82, 2.24) is 10.6 Å². The Hall–Kier alpha value is -2.12. The van der Waals surface area contributed by atoms with E-state index in [-0.39, 0.29) is 36.7 Å². The summed E-state index contributed by atoms with van der Waals surface area (Å²) in [5, 5.41) is 5.23. The highest BCUT2D eigenvalue weighted by Crippen LogP contribution is 2.21. The minimum Gasteiger partial charge on any atom is -0.346 e. The molecule has 8 heteroatoms. The van der Waals surface area contributed by atoms with Gasteiger partial charge >= 0.3 is 0 Å². The van der Waals surface area contributed by atoms with Gasteiger partial charge in [0.25, 0.3) is 0 Å². The highest BCUT2D eigenvalue weighted by molar-refractivity contribution is 6.00. The minimum atomic E-state index is -0.656. The molecule has 0 radical (unpaired) electrons. The summed E-state index contributed by atoms with van der Waals surface area (Å²) in [7, 11) is 0. The molecule has 7 nitrogen and oxygen atoms in total. The fourth-order valence-corrected chi connectivity index (χ4v) is 2.82. The van der Waals surface area contributed by atoms with E-state index in [2.05, 4.69) is 10.6 Å². The number of nitrogens with one attached hydrogen (secondary N) is 2. The maximum Gasteiger partial charge on any atom is 0.249 e. The van der Waals surface area contributed by atoms with E-state index < -0.39 is 18.0 Å². The molecule has 27 heavy (non-hydrogen) atoms. The first-order chi connectivity index (χ1) is 12.3. The normalized spacial score (nSPS) is 17.9. The fourth-order valence-electron chi connectivity index (χ4n) is 2.82. The van der Waals surface area contributed by atoms with Crippen molar-refractivity contribution >= 4 is 35.8 Å². The topological polar surface area (TPSA) is 105 Å². The second-order valence-corrected chi connectivity index (χ2v) is 7.08. The van der Waals surface area contributed by atoms with Crippen LogP contribution in [0.3, 0.4) is 0 Å². The Bertz CT molecular complexity index is 663. The molecule has 1 saturated heterocycles. The quantitative estimate of drug-likeness (QED) is 0.670. The van der Waals surface area contributed by atoms with Gasteiger partial charge in [0.2, 0.25) is 17.7 Å². The standard InChI is InChI=1S/C19H28N4O3.ClH/c1-12(2)17(20)18(25)21-11-16(24)22-15-5-4-10-23(19(15)26)14-8-6-13(3)7-9-14;/h6-9,12,15,17H,4-5,10-11,20H2,1-3H3,(H,21,25)(H,22,24);1H/t15?,17-;/m0./s1. The summed E-state index contributed by atoms with van der Waals surface area (Å²) >= 11 is 0. The van der Waals surface area contributed by atoms with Gasteiger partial charge in [-0.15, -0.1) is 12.4 Å². The van der Waals surface area contributed by atoms with E-state index in [0.717, 1.165) is 17.7 Å². The Labute approximate surface area is 166 Å². The fraction of sp³-hybridized carbons (Fsp3) is 0.526. The largest absolute Gasteiger partial charge is 0.346 e. The average molecular weight is 397 g/mol. The first-order valence-electron chi connectivity index (χ1n) is 9.00. The molecule has 1 aliphatic heterocycles. The van der Waals surface area contributed by atoms with Gasteiger partial charge in [0.15, 0.2) is 0 Å². The summed E-state index contributed by atoms with van der Waals surface area (Å²) in [5.41, 5.74) is 7.69. The maximum absolute atomic E-state index is 12.7. The van der Waals surface area contributed by atoms with E-state index in [0.29, 0.717) is 13.0 Å². The van der Waals surface area contributed by atoms with Crippen LogP contribution in [-0.2, 0) is 14.4 Å². The Kier molecular flexibility index (Phi) is 8.72. The molecule has 1 fully saturated rings. The smallest absolute Gasteiger partial charge is 0.249 e. The number of carbonyl (C=O) groups excluding carboxylic acids is 3. The molecule has 0 spiro atoms. The zero-order valence-corrected chi connectivity index (χ0v) is 16.8. The number of hydrogen-bond donors (Lipinski definition) is 3. The van der Waals surface area contributed by atoms with Gasteiger partial charge in [-0.3, -0.25) is 14.4 Å². The molecule has 2 atom stereocenters. The first kappa shape index (κ1) is 22.9. The molecule has 1 heterocycles. The summed E-state index contributed by atoms with van der Waals surface area (Å²) in [6, 6.07) is 6.50. The van der Waals surface area contributed by atoms with E-state index in [1.165, 1.54) is 0 Å². The second kappa shape index (κ2) is 10.3. The first-order valence-corrected chi connectivity index (χ1v) is 9.00. The van der Waals surface area contributed by atoms with Crippen LogP contribution in [0.2, 0.25) is 0 Å². The lowest BCUT2D eigenvalue weighted by Crippen LogP contribution is -2.54. The van der Waals surface area contributed by atoms with Gasteiger partial charge in [-0.25, -0.2) is 0 Å². The maximum atomic E-state index is 12.7. The second-order valence-electron chi connectivity index (χ2n) is 7.08. The summed E-state index contributed by atoms with van der Waals surface area (Å²) < 4.78 is 0. The number of nitrogens with zero attached hydrogens (tertiary/aromatic N) is 1. The summed E-state index contributed by atoms with van der Waals surface area (Å²) in [5.74, 6) is -0.899. The van der Waals surface area contributed by atoms with E-state index in [9.17, 15) is 14.4 Å². The molecule has 1 aromatic rings. The van der Waals surface area contributed by atoms with Crippen molar-refractivity contribution < 1.29 is 14.4 Å². The van der Waals surface area contributed by atoms with Gasteiger partial charge in [-0.05, 0) is 37.8 Å². The van der Waals surface area contributed by atoms with Crippen LogP contribution in [0.15, 0.2) is 24.3 Å². The van der Waals surface area contributed by atoms with Crippen molar-refractivity contribution in [2.24, 2.45) is 11.7 Å². The third kappa shape index (κ3) is 6.22. The molecule has 4 N–H and O–H groups in total.